The second-order valence-corrected chi connectivity index (χ2v) is 8.29. The lowest BCUT2D eigenvalue weighted by Gasteiger charge is -2.28. The second-order valence-electron chi connectivity index (χ2n) is 8.29. The van der Waals surface area contributed by atoms with Crippen LogP contribution in [0.4, 0.5) is 32.4 Å². The van der Waals surface area contributed by atoms with Crippen LogP contribution in [0.25, 0.3) is 11.1 Å². The lowest BCUT2D eigenvalue weighted by molar-refractivity contribution is -0.149. The van der Waals surface area contributed by atoms with Crippen molar-refractivity contribution in [3.05, 3.63) is 47.3 Å². The molecule has 0 aliphatic carbocycles. The van der Waals surface area contributed by atoms with E-state index in [1.54, 1.807) is 13.0 Å². The Kier molecular flexibility index (Phi) is 6.86. The highest BCUT2D eigenvalue weighted by molar-refractivity contribution is 6.04. The number of amides is 2. The monoisotopic (exact) mass is 497 g/mol. The zero-order valence-electron chi connectivity index (χ0n) is 18.5. The van der Waals surface area contributed by atoms with Gasteiger partial charge in [0.1, 0.15) is 35.0 Å². The summed E-state index contributed by atoms with van der Waals surface area (Å²) in [6, 6.07) is 1.95. The van der Waals surface area contributed by atoms with Gasteiger partial charge >= 0.3 is 12.3 Å². The van der Waals surface area contributed by atoms with E-state index in [1.807, 2.05) is 5.32 Å². The summed E-state index contributed by atoms with van der Waals surface area (Å²) in [5, 5.41) is 11.5. The van der Waals surface area contributed by atoms with E-state index in [9.17, 15) is 36.8 Å². The molecule has 2 heterocycles. The Morgan fingerprint density at radius 1 is 1.29 bits per heavy atom. The van der Waals surface area contributed by atoms with Crippen LogP contribution in [0, 0.1) is 23.0 Å². The second kappa shape index (κ2) is 9.36. The molecule has 35 heavy (non-hydrogen) atoms. The molecule has 0 radical (unpaired) electrons. The largest absolute Gasteiger partial charge is 0.441 e. The molecule has 3 rings (SSSR count). The molecule has 0 bridgehead atoms. The molecule has 2 amide bonds. The number of primary amides is 1. The minimum absolute atomic E-state index is 0.0786. The summed E-state index contributed by atoms with van der Waals surface area (Å²) in [7, 11) is 0. The van der Waals surface area contributed by atoms with Crippen molar-refractivity contribution in [1.82, 2.24) is 10.3 Å². The van der Waals surface area contributed by atoms with Crippen LogP contribution in [0.1, 0.15) is 36.3 Å². The van der Waals surface area contributed by atoms with Crippen LogP contribution >= 0.6 is 0 Å². The molecule has 1 aromatic carbocycles. The third kappa shape index (κ3) is 5.59. The van der Waals surface area contributed by atoms with E-state index in [4.69, 9.17) is 10.5 Å². The topological polar surface area (TPSA) is 121 Å². The maximum absolute atomic E-state index is 14.1. The predicted molar refractivity (Wildman–Crippen MR) is 113 cm³/mol. The van der Waals surface area contributed by atoms with Gasteiger partial charge in [-0.05, 0) is 31.5 Å². The first-order valence-corrected chi connectivity index (χ1v) is 10.2. The average Bonchev–Trinajstić information content (AvgIpc) is 3.11. The van der Waals surface area contributed by atoms with Crippen molar-refractivity contribution in [1.29, 1.82) is 5.26 Å². The molecular formula is C22H20F5N5O3. The molecular weight excluding hydrogens is 477 g/mol. The molecule has 1 saturated heterocycles. The normalized spacial score (nSPS) is 18.6. The Labute approximate surface area is 196 Å². The van der Waals surface area contributed by atoms with Gasteiger partial charge in [-0.25, -0.2) is 18.6 Å². The molecule has 0 saturated carbocycles. The van der Waals surface area contributed by atoms with Crippen LogP contribution in [-0.4, -0.2) is 47.9 Å². The highest BCUT2D eigenvalue weighted by Crippen LogP contribution is 2.40. The molecule has 2 aromatic rings. The van der Waals surface area contributed by atoms with E-state index in [1.165, 1.54) is 4.90 Å². The van der Waals surface area contributed by atoms with Gasteiger partial charge in [0, 0.05) is 30.8 Å². The molecule has 186 valence electrons. The van der Waals surface area contributed by atoms with Crippen LogP contribution in [0.5, 0.6) is 0 Å². The van der Waals surface area contributed by atoms with Gasteiger partial charge in [0.15, 0.2) is 0 Å². The number of carbonyl (C=O) groups is 2. The van der Waals surface area contributed by atoms with E-state index in [-0.39, 0.29) is 47.6 Å². The summed E-state index contributed by atoms with van der Waals surface area (Å²) >= 11 is 0. The smallest absolute Gasteiger partial charge is 0.408 e. The summed E-state index contributed by atoms with van der Waals surface area (Å²) in [6.07, 6.45) is -4.69. The van der Waals surface area contributed by atoms with Crippen LogP contribution in [0.2, 0.25) is 0 Å². The summed E-state index contributed by atoms with van der Waals surface area (Å²) in [4.78, 5) is 29.6. The van der Waals surface area contributed by atoms with Gasteiger partial charge in [-0.15, -0.1) is 0 Å². The summed E-state index contributed by atoms with van der Waals surface area (Å²) in [6.45, 7) is 2.32. The fraction of sp³-hybridized carbons (Fsp3) is 0.364. The number of alkyl halides is 3. The molecule has 2 atom stereocenters. The summed E-state index contributed by atoms with van der Waals surface area (Å²) in [5.74, 6) is -3.15. The number of hydrogen-bond acceptors (Lipinski definition) is 6. The number of anilines is 1. The minimum Gasteiger partial charge on any atom is -0.441 e. The molecule has 1 aliphatic rings. The predicted octanol–water partition coefficient (Wildman–Crippen LogP) is 3.64. The Morgan fingerprint density at radius 2 is 1.91 bits per heavy atom. The first-order valence-electron chi connectivity index (χ1n) is 10.2. The van der Waals surface area contributed by atoms with Crippen molar-refractivity contribution in [2.24, 2.45) is 5.73 Å². The number of halogens is 5. The number of nitrogens with zero attached hydrogens (tertiary/aromatic N) is 3. The molecule has 3 N–H and O–H groups in total. The fourth-order valence-electron chi connectivity index (χ4n) is 3.86. The number of nitriles is 1. The maximum atomic E-state index is 14.1. The minimum atomic E-state index is -4.74. The van der Waals surface area contributed by atoms with E-state index < -0.39 is 41.5 Å². The molecule has 2 unspecified atom stereocenters. The number of nitrogens with two attached hydrogens (primary N) is 1. The lowest BCUT2D eigenvalue weighted by Crippen LogP contribution is -2.43. The Hall–Kier alpha value is -3.95. The van der Waals surface area contributed by atoms with Crippen LogP contribution in [-0.2, 0) is 4.74 Å². The standard InChI is InChI=1S/C22H20F5N5O3/c1-11(22(25,26)27)31-19(33)15-9-30-16(8-28)17(12-5-13(23)7-14(24)6-12)18(15)32-4-3-21(2,10-32)35-20(29)34/h5-7,9,11H,3-4,10H2,1-2H3,(H2,29,34)(H,31,33). The zero-order valence-corrected chi connectivity index (χ0v) is 18.5. The summed E-state index contributed by atoms with van der Waals surface area (Å²) < 4.78 is 72.5. The quantitative estimate of drug-likeness (QED) is 0.609. The van der Waals surface area contributed by atoms with Gasteiger partial charge in [-0.3, -0.25) is 4.79 Å². The fourth-order valence-corrected chi connectivity index (χ4v) is 3.86. The number of rotatable bonds is 5. The number of ether oxygens (including phenoxy) is 1. The molecule has 0 spiro atoms. The Bertz CT molecular complexity index is 1190. The van der Waals surface area contributed by atoms with Gasteiger partial charge in [-0.1, -0.05) is 0 Å². The average molecular weight is 497 g/mol. The molecule has 13 heteroatoms. The number of carbonyl (C=O) groups excluding carboxylic acids is 2. The SMILES string of the molecule is CC(NC(=O)c1cnc(C#N)c(-c2cc(F)cc(F)c2)c1N1CCC(C)(OC(N)=O)C1)C(F)(F)F. The Morgan fingerprint density at radius 3 is 2.46 bits per heavy atom. The highest BCUT2D eigenvalue weighted by Gasteiger charge is 2.41. The number of pyridine rings is 1. The van der Waals surface area contributed by atoms with E-state index >= 15 is 0 Å². The van der Waals surface area contributed by atoms with Crippen molar-refractivity contribution >= 4 is 17.7 Å². The zero-order chi connectivity index (χ0) is 26.1. The van der Waals surface area contributed by atoms with Gasteiger partial charge in [0.05, 0.1) is 17.8 Å². The van der Waals surface area contributed by atoms with Crippen LogP contribution in [0.15, 0.2) is 24.4 Å². The van der Waals surface area contributed by atoms with Crippen molar-refractivity contribution in [2.45, 2.75) is 38.1 Å². The molecule has 1 fully saturated rings. The first kappa shape index (κ1) is 25.7. The van der Waals surface area contributed by atoms with Crippen molar-refractivity contribution < 1.29 is 36.3 Å². The van der Waals surface area contributed by atoms with Gasteiger partial charge in [-0.2, -0.15) is 18.4 Å². The highest BCUT2D eigenvalue weighted by atomic mass is 19.4. The number of benzene rings is 1. The first-order chi connectivity index (χ1) is 16.2. The van der Waals surface area contributed by atoms with Crippen LogP contribution < -0.4 is 16.0 Å². The van der Waals surface area contributed by atoms with Gasteiger partial charge in [0.25, 0.3) is 5.91 Å². The number of aromatic nitrogens is 1. The maximum Gasteiger partial charge on any atom is 0.408 e. The van der Waals surface area contributed by atoms with E-state index in [2.05, 4.69) is 4.98 Å². The molecule has 1 aromatic heterocycles. The van der Waals surface area contributed by atoms with Crippen molar-refractivity contribution in [3.63, 3.8) is 0 Å². The number of hydrogen-bond donors (Lipinski definition) is 2. The van der Waals surface area contributed by atoms with Crippen molar-refractivity contribution in [2.75, 3.05) is 18.0 Å². The lowest BCUT2D eigenvalue weighted by atomic mass is 9.97. The van der Waals surface area contributed by atoms with Crippen LogP contribution in [0.3, 0.4) is 0 Å². The van der Waals surface area contributed by atoms with Crippen molar-refractivity contribution in [3.8, 4) is 17.2 Å². The summed E-state index contributed by atoms with van der Waals surface area (Å²) in [5.41, 5.74) is 2.87. The van der Waals surface area contributed by atoms with Gasteiger partial charge < -0.3 is 20.7 Å². The molecule has 8 nitrogen and oxygen atoms in total. The number of nitrogens with one attached hydrogen (secondary N) is 1. The van der Waals surface area contributed by atoms with Gasteiger partial charge in [0.2, 0.25) is 0 Å². The van der Waals surface area contributed by atoms with E-state index in [0.717, 1.165) is 25.3 Å². The third-order valence-electron chi connectivity index (χ3n) is 5.49. The third-order valence-corrected chi connectivity index (χ3v) is 5.49. The van der Waals surface area contributed by atoms with E-state index in [0.29, 0.717) is 6.07 Å². The molecule has 1 aliphatic heterocycles. The Balaban J connectivity index is 2.23.